The molecule has 6 nitrogen and oxygen atoms in total. The second-order valence-corrected chi connectivity index (χ2v) is 7.78. The molecule has 3 rings (SSSR count). The van der Waals surface area contributed by atoms with Gasteiger partial charge < -0.3 is 10.1 Å². The lowest BCUT2D eigenvalue weighted by Crippen LogP contribution is -2.32. The van der Waals surface area contributed by atoms with E-state index in [2.05, 4.69) is 10.0 Å². The molecule has 0 saturated carbocycles. The Morgan fingerprint density at radius 2 is 1.85 bits per heavy atom. The van der Waals surface area contributed by atoms with Crippen LogP contribution in [0.3, 0.4) is 0 Å². The van der Waals surface area contributed by atoms with Gasteiger partial charge in [0.2, 0.25) is 0 Å². The molecular weight excluding hydrogens is 378 g/mol. The third-order valence-electron chi connectivity index (χ3n) is 4.08. The first-order valence-corrected chi connectivity index (χ1v) is 9.81. The Bertz CT molecular complexity index is 924. The van der Waals surface area contributed by atoms with Gasteiger partial charge in [-0.2, -0.15) is 0 Å². The maximum atomic E-state index is 13.3. The summed E-state index contributed by atoms with van der Waals surface area (Å²) in [7, 11) is -4.28. The van der Waals surface area contributed by atoms with Gasteiger partial charge in [0.1, 0.15) is 11.6 Å². The quantitative estimate of drug-likeness (QED) is 0.786. The van der Waals surface area contributed by atoms with Crippen molar-refractivity contribution in [3.63, 3.8) is 0 Å². The van der Waals surface area contributed by atoms with E-state index in [4.69, 9.17) is 4.74 Å². The lowest BCUT2D eigenvalue weighted by molar-refractivity contribution is 0.0858. The average Bonchev–Trinajstić information content (AvgIpc) is 3.12. The number of benzene rings is 2. The van der Waals surface area contributed by atoms with Gasteiger partial charge in [-0.3, -0.25) is 9.52 Å². The van der Waals surface area contributed by atoms with E-state index in [0.717, 1.165) is 12.8 Å². The molecule has 1 aliphatic heterocycles. The van der Waals surface area contributed by atoms with E-state index in [9.17, 15) is 22.0 Å². The van der Waals surface area contributed by atoms with Crippen molar-refractivity contribution < 1.29 is 26.7 Å². The number of rotatable bonds is 6. The molecule has 2 N–H and O–H groups in total. The minimum Gasteiger partial charge on any atom is -0.376 e. The van der Waals surface area contributed by atoms with E-state index in [1.807, 2.05) is 0 Å². The van der Waals surface area contributed by atoms with Gasteiger partial charge in [0.05, 0.1) is 22.3 Å². The number of halogens is 2. The molecule has 1 heterocycles. The molecule has 9 heteroatoms. The number of anilines is 1. The first-order chi connectivity index (χ1) is 12.8. The Kier molecular flexibility index (Phi) is 5.71. The fraction of sp³-hybridized carbons (Fsp3) is 0.278. The monoisotopic (exact) mass is 396 g/mol. The van der Waals surface area contributed by atoms with E-state index in [0.29, 0.717) is 31.4 Å². The topological polar surface area (TPSA) is 84.5 Å². The van der Waals surface area contributed by atoms with Crippen molar-refractivity contribution in [3.05, 3.63) is 59.7 Å². The molecule has 2 aromatic carbocycles. The van der Waals surface area contributed by atoms with Crippen molar-refractivity contribution in [1.29, 1.82) is 0 Å². The van der Waals surface area contributed by atoms with E-state index < -0.39 is 32.5 Å². The maximum Gasteiger partial charge on any atom is 0.262 e. The van der Waals surface area contributed by atoms with Crippen LogP contribution < -0.4 is 10.0 Å². The molecule has 27 heavy (non-hydrogen) atoms. The van der Waals surface area contributed by atoms with Gasteiger partial charge in [-0.05, 0) is 37.1 Å². The van der Waals surface area contributed by atoms with Crippen LogP contribution >= 0.6 is 0 Å². The van der Waals surface area contributed by atoms with E-state index in [1.54, 1.807) is 12.1 Å². The van der Waals surface area contributed by atoms with E-state index in [-0.39, 0.29) is 17.4 Å². The Hall–Kier alpha value is -2.52. The van der Waals surface area contributed by atoms with Crippen molar-refractivity contribution in [2.24, 2.45) is 0 Å². The summed E-state index contributed by atoms with van der Waals surface area (Å²) in [6.07, 6.45) is 1.72. The van der Waals surface area contributed by atoms with Gasteiger partial charge in [-0.15, -0.1) is 0 Å². The molecule has 0 bridgehead atoms. The number of carbonyl (C=O) groups is 1. The summed E-state index contributed by atoms with van der Waals surface area (Å²) in [5, 5.41) is 2.71. The Balaban J connectivity index is 1.79. The molecule has 1 saturated heterocycles. The summed E-state index contributed by atoms with van der Waals surface area (Å²) in [5.41, 5.74) is 0.1000. The Morgan fingerprint density at radius 3 is 2.52 bits per heavy atom. The van der Waals surface area contributed by atoms with Gasteiger partial charge in [-0.25, -0.2) is 17.2 Å². The molecule has 0 aromatic heterocycles. The first kappa shape index (κ1) is 19.2. The molecule has 0 radical (unpaired) electrons. The third kappa shape index (κ3) is 4.81. The standard InChI is InChI=1S/C18H18F2N2O4S/c19-12-8-13(20)10-15(9-12)27(24,25)22-17-6-2-1-5-16(17)18(23)21-11-14-4-3-7-26-14/h1-2,5-6,8-10,14,22H,3-4,7,11H2,(H,21,23). The highest BCUT2D eigenvalue weighted by Gasteiger charge is 2.21. The van der Waals surface area contributed by atoms with E-state index in [1.165, 1.54) is 12.1 Å². The molecular formula is C18H18F2N2O4S. The number of para-hydroxylation sites is 1. The van der Waals surface area contributed by atoms with Crippen LogP contribution in [0.25, 0.3) is 0 Å². The summed E-state index contributed by atoms with van der Waals surface area (Å²) >= 11 is 0. The minimum absolute atomic E-state index is 0.00649. The van der Waals surface area contributed by atoms with Gasteiger partial charge in [0.15, 0.2) is 0 Å². The zero-order valence-corrected chi connectivity index (χ0v) is 15.1. The number of carbonyl (C=O) groups excluding carboxylic acids is 1. The third-order valence-corrected chi connectivity index (χ3v) is 5.42. The molecule has 1 aliphatic rings. The molecule has 144 valence electrons. The van der Waals surface area contributed by atoms with Crippen LogP contribution in [0.1, 0.15) is 23.2 Å². The van der Waals surface area contributed by atoms with Crippen LogP contribution in [0, 0.1) is 11.6 Å². The summed E-state index contributed by atoms with van der Waals surface area (Å²) < 4.78 is 59.2. The fourth-order valence-electron chi connectivity index (χ4n) is 2.76. The second-order valence-electron chi connectivity index (χ2n) is 6.10. The van der Waals surface area contributed by atoms with Crippen molar-refractivity contribution in [2.45, 2.75) is 23.8 Å². The Labute approximate surface area is 155 Å². The maximum absolute atomic E-state index is 13.3. The zero-order valence-electron chi connectivity index (χ0n) is 14.2. The lowest BCUT2D eigenvalue weighted by atomic mass is 10.1. The predicted octanol–water partition coefficient (Wildman–Crippen LogP) is 2.67. The number of hydrogen-bond acceptors (Lipinski definition) is 4. The number of sulfonamides is 1. The number of nitrogens with one attached hydrogen (secondary N) is 2. The van der Waals surface area contributed by atoms with Crippen LogP contribution in [-0.2, 0) is 14.8 Å². The highest BCUT2D eigenvalue weighted by Crippen LogP contribution is 2.21. The lowest BCUT2D eigenvalue weighted by Gasteiger charge is -2.14. The molecule has 1 amide bonds. The van der Waals surface area contributed by atoms with Crippen molar-refractivity contribution >= 4 is 21.6 Å². The van der Waals surface area contributed by atoms with Crippen molar-refractivity contribution in [1.82, 2.24) is 5.32 Å². The molecule has 1 unspecified atom stereocenters. The predicted molar refractivity (Wildman–Crippen MR) is 94.9 cm³/mol. The number of ether oxygens (including phenoxy) is 1. The normalized spacial score (nSPS) is 16.9. The average molecular weight is 396 g/mol. The summed E-state index contributed by atoms with van der Waals surface area (Å²) in [6, 6.07) is 7.95. The second kappa shape index (κ2) is 8.01. The molecule has 0 spiro atoms. The van der Waals surface area contributed by atoms with Gasteiger partial charge in [0, 0.05) is 19.2 Å². The van der Waals surface area contributed by atoms with Gasteiger partial charge >= 0.3 is 0 Å². The van der Waals surface area contributed by atoms with Crippen LogP contribution in [0.15, 0.2) is 47.4 Å². The largest absolute Gasteiger partial charge is 0.376 e. The molecule has 2 aromatic rings. The summed E-state index contributed by atoms with van der Waals surface area (Å²) in [5.74, 6) is -2.51. The van der Waals surface area contributed by atoms with Gasteiger partial charge in [-0.1, -0.05) is 12.1 Å². The van der Waals surface area contributed by atoms with Crippen LogP contribution in [0.2, 0.25) is 0 Å². The van der Waals surface area contributed by atoms with Crippen molar-refractivity contribution in [3.8, 4) is 0 Å². The SMILES string of the molecule is O=C(NCC1CCCO1)c1ccccc1NS(=O)(=O)c1cc(F)cc(F)c1. The summed E-state index contributed by atoms with van der Waals surface area (Å²) in [6.45, 7) is 0.968. The van der Waals surface area contributed by atoms with Crippen molar-refractivity contribution in [2.75, 3.05) is 17.9 Å². The van der Waals surface area contributed by atoms with E-state index >= 15 is 0 Å². The van der Waals surface area contributed by atoms with Crippen LogP contribution in [0.5, 0.6) is 0 Å². The van der Waals surface area contributed by atoms with Crippen LogP contribution in [0.4, 0.5) is 14.5 Å². The first-order valence-electron chi connectivity index (χ1n) is 8.33. The fourth-order valence-corrected chi connectivity index (χ4v) is 3.89. The summed E-state index contributed by atoms with van der Waals surface area (Å²) in [4.78, 5) is 11.9. The molecule has 1 fully saturated rings. The molecule has 1 atom stereocenters. The Morgan fingerprint density at radius 1 is 1.15 bits per heavy atom. The molecule has 0 aliphatic carbocycles. The van der Waals surface area contributed by atoms with Gasteiger partial charge in [0.25, 0.3) is 15.9 Å². The number of hydrogen-bond donors (Lipinski definition) is 2. The smallest absolute Gasteiger partial charge is 0.262 e. The highest BCUT2D eigenvalue weighted by atomic mass is 32.2. The number of amides is 1. The zero-order chi connectivity index (χ0) is 19.4. The minimum atomic E-state index is -4.28. The highest BCUT2D eigenvalue weighted by molar-refractivity contribution is 7.92. The van der Waals surface area contributed by atoms with Crippen LogP contribution in [-0.4, -0.2) is 33.6 Å².